The van der Waals surface area contributed by atoms with Crippen molar-refractivity contribution >= 4 is 124 Å². The molecule has 154 valence electrons. The monoisotopic (exact) mass is 568 g/mol. The molecule has 0 aliphatic carbocycles. The summed E-state index contributed by atoms with van der Waals surface area (Å²) < 4.78 is 9.01. The van der Waals surface area contributed by atoms with Gasteiger partial charge in [-0.1, -0.05) is 48.5 Å². The average molecular weight is 568 g/mol. The fourth-order valence-electron chi connectivity index (χ4n) is 5.91. The van der Waals surface area contributed by atoms with Crippen LogP contribution in [0.25, 0.3) is 78.7 Å². The predicted octanol–water partition coefficient (Wildman–Crippen LogP) is 9.57. The molecule has 0 radical (unpaired) electrons. The molecule has 5 heteroatoms. The molecule has 33 heavy (non-hydrogen) atoms. The molecule has 0 fully saturated rings. The van der Waals surface area contributed by atoms with Gasteiger partial charge in [-0.15, -0.1) is 22.7 Å². The molecule has 0 spiro atoms. The topological polar surface area (TPSA) is 9.34 Å². The van der Waals surface area contributed by atoms with Crippen LogP contribution < -0.4 is 0 Å². The predicted molar refractivity (Wildman–Crippen MR) is 154 cm³/mol. The molecular formula is C28H13IN2S2. The summed E-state index contributed by atoms with van der Waals surface area (Å²) in [7, 11) is 0. The van der Waals surface area contributed by atoms with Gasteiger partial charge in [0.25, 0.3) is 0 Å². The summed E-state index contributed by atoms with van der Waals surface area (Å²) in [5.74, 6) is 0. The summed E-state index contributed by atoms with van der Waals surface area (Å²) in [4.78, 5) is 1.35. The van der Waals surface area contributed by atoms with Crippen LogP contribution in [-0.4, -0.2) is 7.18 Å². The zero-order valence-electron chi connectivity index (χ0n) is 17.1. The number of fused-ring (bicyclic) bond motifs is 10. The van der Waals surface area contributed by atoms with Crippen LogP contribution in [0.2, 0.25) is 0 Å². The van der Waals surface area contributed by atoms with Crippen molar-refractivity contribution in [3.8, 4) is 0 Å². The Labute approximate surface area is 209 Å². The van der Waals surface area contributed by atoms with Crippen LogP contribution in [0.3, 0.4) is 0 Å². The largest absolute Gasteiger partial charge is 0.298 e. The number of benzene rings is 4. The van der Waals surface area contributed by atoms with Gasteiger partial charge in [0.15, 0.2) is 0 Å². The molecule has 9 aromatic rings. The maximum Gasteiger partial charge on any atom is 0.109 e. The molecule has 0 aliphatic heterocycles. The van der Waals surface area contributed by atoms with Crippen LogP contribution in [-0.2, 0) is 0 Å². The molecule has 0 unspecified atom stereocenters. The van der Waals surface area contributed by atoms with E-state index in [1.807, 2.05) is 22.7 Å². The smallest absolute Gasteiger partial charge is 0.109 e. The Hall–Kier alpha value is -2.87. The number of nitrogens with zero attached hydrogens (tertiary/aromatic N) is 2. The van der Waals surface area contributed by atoms with Crippen molar-refractivity contribution < 1.29 is 0 Å². The fourth-order valence-corrected chi connectivity index (χ4v) is 9.17. The summed E-state index contributed by atoms with van der Waals surface area (Å²) in [5, 5.41) is 9.57. The minimum absolute atomic E-state index is 1.29. The van der Waals surface area contributed by atoms with Crippen molar-refractivity contribution in [3.05, 3.63) is 78.9 Å². The Kier molecular flexibility index (Phi) is 3.08. The zero-order valence-corrected chi connectivity index (χ0v) is 20.9. The first kappa shape index (κ1) is 17.6. The number of halogens is 1. The lowest BCUT2D eigenvalue weighted by Crippen LogP contribution is -1.84. The third kappa shape index (κ3) is 1.90. The van der Waals surface area contributed by atoms with Gasteiger partial charge in [0, 0.05) is 47.1 Å². The van der Waals surface area contributed by atoms with E-state index in [2.05, 4.69) is 109 Å². The van der Waals surface area contributed by atoms with Crippen LogP contribution in [0.15, 0.2) is 78.9 Å². The van der Waals surface area contributed by atoms with E-state index in [0.717, 1.165) is 0 Å². The highest BCUT2D eigenvalue weighted by molar-refractivity contribution is 14.1. The number of rotatable bonds is 0. The second-order valence-electron chi connectivity index (χ2n) is 8.73. The molecule has 5 heterocycles. The van der Waals surface area contributed by atoms with E-state index < -0.39 is 0 Å². The molecule has 0 saturated carbocycles. The molecule has 4 aromatic carbocycles. The van der Waals surface area contributed by atoms with E-state index >= 15 is 0 Å². The summed E-state index contributed by atoms with van der Waals surface area (Å²) in [5.41, 5.74) is 5.29. The van der Waals surface area contributed by atoms with Crippen LogP contribution in [0.4, 0.5) is 0 Å². The van der Waals surface area contributed by atoms with E-state index in [4.69, 9.17) is 0 Å². The summed E-state index contributed by atoms with van der Waals surface area (Å²) in [6.45, 7) is 0. The second-order valence-corrected chi connectivity index (χ2v) is 11.8. The Morgan fingerprint density at radius 1 is 0.545 bits per heavy atom. The third-order valence-corrected chi connectivity index (χ3v) is 10.6. The first-order valence-electron chi connectivity index (χ1n) is 10.9. The first-order chi connectivity index (χ1) is 16.3. The van der Waals surface area contributed by atoms with Crippen molar-refractivity contribution in [3.63, 3.8) is 0 Å². The molecule has 5 aromatic heterocycles. The van der Waals surface area contributed by atoms with E-state index in [9.17, 15) is 0 Å². The minimum atomic E-state index is 1.29. The van der Waals surface area contributed by atoms with Gasteiger partial charge in [-0.25, -0.2) is 0 Å². The lowest BCUT2D eigenvalue weighted by atomic mass is 10.1. The van der Waals surface area contributed by atoms with Crippen molar-refractivity contribution in [2.24, 2.45) is 0 Å². The van der Waals surface area contributed by atoms with Crippen molar-refractivity contribution in [1.82, 2.24) is 7.18 Å². The molecular weight excluding hydrogens is 555 g/mol. The quantitative estimate of drug-likeness (QED) is 0.161. The van der Waals surface area contributed by atoms with Gasteiger partial charge in [-0.05, 0) is 30.3 Å². The zero-order chi connectivity index (χ0) is 21.4. The highest BCUT2D eigenvalue weighted by Gasteiger charge is 2.25. The van der Waals surface area contributed by atoms with Crippen molar-refractivity contribution in [2.75, 3.05) is 0 Å². The molecule has 9 rings (SSSR count). The Morgan fingerprint density at radius 2 is 1.27 bits per heavy atom. The standard InChI is InChI=1S/C28H13IN2S2/c29-31-18-9-5-8-17-23(18)24-19(31)13-12-16-22-14-6-1-3-10-20(14)33-28(22)30(25(16)24)26-15-7-2-4-11-21(15)32-27(17)26/h1-13H. The van der Waals surface area contributed by atoms with Crippen LogP contribution >= 0.6 is 45.5 Å². The molecule has 0 bridgehead atoms. The number of aromatic nitrogens is 2. The van der Waals surface area contributed by atoms with Gasteiger partial charge in [0.2, 0.25) is 0 Å². The van der Waals surface area contributed by atoms with E-state index in [-0.39, 0.29) is 0 Å². The molecule has 0 aliphatic rings. The third-order valence-electron chi connectivity index (χ3n) is 7.18. The van der Waals surface area contributed by atoms with Crippen LogP contribution in [0, 0.1) is 0 Å². The highest BCUT2D eigenvalue weighted by Crippen LogP contribution is 2.50. The van der Waals surface area contributed by atoms with Gasteiger partial charge in [-0.3, -0.25) is 7.18 Å². The van der Waals surface area contributed by atoms with Crippen LogP contribution in [0.1, 0.15) is 0 Å². The van der Waals surface area contributed by atoms with E-state index in [1.165, 1.54) is 78.7 Å². The molecule has 0 amide bonds. The Bertz CT molecular complexity index is 2260. The SMILES string of the molecule is In1c2cccc3c4sc5ccccc5c4n4c5sc6ccccc6c5c5ccc1c(c32)c54. The van der Waals surface area contributed by atoms with E-state index in [1.54, 1.807) is 0 Å². The number of thiophene rings is 2. The van der Waals surface area contributed by atoms with Gasteiger partial charge in [0.1, 0.15) is 4.83 Å². The highest BCUT2D eigenvalue weighted by atomic mass is 127. The lowest BCUT2D eigenvalue weighted by Gasteiger charge is -2.01. The minimum Gasteiger partial charge on any atom is -0.298 e. The van der Waals surface area contributed by atoms with Gasteiger partial charge in [0.05, 0.1) is 49.6 Å². The first-order valence-corrected chi connectivity index (χ1v) is 13.5. The van der Waals surface area contributed by atoms with Crippen LogP contribution in [0.5, 0.6) is 0 Å². The number of hydrogen-bond donors (Lipinski definition) is 0. The summed E-state index contributed by atoms with van der Waals surface area (Å²) >= 11 is 6.32. The van der Waals surface area contributed by atoms with Gasteiger partial charge >= 0.3 is 0 Å². The van der Waals surface area contributed by atoms with Crippen molar-refractivity contribution in [1.29, 1.82) is 0 Å². The lowest BCUT2D eigenvalue weighted by molar-refractivity contribution is 1.40. The van der Waals surface area contributed by atoms with Gasteiger partial charge in [-0.2, -0.15) is 0 Å². The van der Waals surface area contributed by atoms with Crippen molar-refractivity contribution in [2.45, 2.75) is 0 Å². The normalized spacial score (nSPS) is 13.0. The Balaban J connectivity index is 1.81. The molecule has 0 atom stereocenters. The summed E-state index contributed by atoms with van der Waals surface area (Å²) in [6.07, 6.45) is 0. The average Bonchev–Trinajstić information content (AvgIpc) is 3.55. The summed E-state index contributed by atoms with van der Waals surface area (Å²) in [6, 6.07) is 29.2. The molecule has 0 N–H and O–H groups in total. The second kappa shape index (κ2) is 5.78. The van der Waals surface area contributed by atoms with E-state index in [0.29, 0.717) is 0 Å². The fraction of sp³-hybridized carbons (Fsp3) is 0. The maximum atomic E-state index is 2.60. The van der Waals surface area contributed by atoms with Gasteiger partial charge < -0.3 is 0 Å². The Morgan fingerprint density at radius 3 is 2.15 bits per heavy atom. The number of hydrogen-bond acceptors (Lipinski definition) is 2. The molecule has 2 nitrogen and oxygen atoms in total. The maximum absolute atomic E-state index is 2.60. The molecule has 0 saturated heterocycles.